The van der Waals surface area contributed by atoms with Gasteiger partial charge in [-0.25, -0.2) is 0 Å². The molecule has 1 rings (SSSR count). The first kappa shape index (κ1) is 6.60. The second-order valence-corrected chi connectivity index (χ2v) is 2.51. The van der Waals surface area contributed by atoms with Crippen LogP contribution in [-0.4, -0.2) is 0 Å². The highest BCUT2D eigenvalue weighted by atomic mass is 14.0. The number of allylic oxidation sites excluding steroid dienone is 4. The zero-order valence-electron chi connectivity index (χ0n) is 6.06. The molecule has 0 saturated carbocycles. The van der Waals surface area contributed by atoms with Crippen molar-refractivity contribution in [3.63, 3.8) is 0 Å². The molecule has 0 aromatic carbocycles. The van der Waals surface area contributed by atoms with Crippen molar-refractivity contribution in [1.29, 1.82) is 0 Å². The summed E-state index contributed by atoms with van der Waals surface area (Å²) in [7, 11) is 0. The lowest BCUT2D eigenvalue weighted by Crippen LogP contribution is -1.74. The normalized spacial score (nSPS) is 24.3. The molecule has 0 radical (unpaired) electrons. The Labute approximate surface area is 57.3 Å². The molecule has 0 aromatic rings. The first-order valence-corrected chi connectivity index (χ1v) is 3.75. The van der Waals surface area contributed by atoms with Crippen LogP contribution in [0.1, 0.15) is 32.6 Å². The van der Waals surface area contributed by atoms with E-state index in [1.807, 2.05) is 0 Å². The van der Waals surface area contributed by atoms with E-state index in [0.717, 1.165) is 0 Å². The highest BCUT2D eigenvalue weighted by molar-refractivity contribution is 5.18. The van der Waals surface area contributed by atoms with Crippen molar-refractivity contribution in [2.45, 2.75) is 32.6 Å². The summed E-state index contributed by atoms with van der Waals surface area (Å²) in [5.74, 6) is 0. The average molecular weight is 122 g/mol. The van der Waals surface area contributed by atoms with E-state index in [0.29, 0.717) is 0 Å². The minimum Gasteiger partial charge on any atom is -0.0845 e. The van der Waals surface area contributed by atoms with E-state index in [1.165, 1.54) is 31.3 Å². The molecule has 0 bridgehead atoms. The summed E-state index contributed by atoms with van der Waals surface area (Å²) in [6, 6.07) is 0. The zero-order chi connectivity index (χ0) is 6.53. The molecular formula is C9H14. The molecule has 1 aliphatic carbocycles. The molecule has 9 heavy (non-hydrogen) atoms. The standard InChI is InChI=1S/C9H14/c1-2-9-7-5-3-4-6-8-9/h2,5,7H,3-4,6,8H2,1H3/b9-2+. The average Bonchev–Trinajstić information content (AvgIpc) is 2.13. The van der Waals surface area contributed by atoms with Gasteiger partial charge in [0.1, 0.15) is 0 Å². The van der Waals surface area contributed by atoms with Gasteiger partial charge in [-0.2, -0.15) is 0 Å². The van der Waals surface area contributed by atoms with Gasteiger partial charge in [0.15, 0.2) is 0 Å². The van der Waals surface area contributed by atoms with Crippen LogP contribution in [0.4, 0.5) is 0 Å². The van der Waals surface area contributed by atoms with Gasteiger partial charge in [0.2, 0.25) is 0 Å². The lowest BCUT2D eigenvalue weighted by atomic mass is 10.1. The third-order valence-electron chi connectivity index (χ3n) is 1.79. The second-order valence-electron chi connectivity index (χ2n) is 2.51. The summed E-state index contributed by atoms with van der Waals surface area (Å²) < 4.78 is 0. The molecule has 0 atom stereocenters. The Bertz CT molecular complexity index is 129. The fraction of sp³-hybridized carbons (Fsp3) is 0.556. The maximum Gasteiger partial charge on any atom is -0.0282 e. The quantitative estimate of drug-likeness (QED) is 0.463. The van der Waals surface area contributed by atoms with Crippen LogP contribution in [0.3, 0.4) is 0 Å². The first-order valence-electron chi connectivity index (χ1n) is 3.75. The molecule has 0 aliphatic heterocycles. The lowest BCUT2D eigenvalue weighted by Gasteiger charge is -1.93. The summed E-state index contributed by atoms with van der Waals surface area (Å²) in [6.45, 7) is 2.12. The summed E-state index contributed by atoms with van der Waals surface area (Å²) in [6.07, 6.45) is 12.0. The summed E-state index contributed by atoms with van der Waals surface area (Å²) in [5, 5.41) is 0. The fourth-order valence-corrected chi connectivity index (χ4v) is 1.15. The van der Waals surface area contributed by atoms with Crippen LogP contribution in [0.25, 0.3) is 0 Å². The highest BCUT2D eigenvalue weighted by Gasteiger charge is 1.95. The van der Waals surface area contributed by atoms with Gasteiger partial charge in [-0.15, -0.1) is 0 Å². The maximum absolute atomic E-state index is 2.28. The lowest BCUT2D eigenvalue weighted by molar-refractivity contribution is 0.765. The first-order chi connectivity index (χ1) is 4.43. The van der Waals surface area contributed by atoms with E-state index in [2.05, 4.69) is 25.2 Å². The third-order valence-corrected chi connectivity index (χ3v) is 1.79. The Morgan fingerprint density at radius 2 is 2.33 bits per heavy atom. The van der Waals surface area contributed by atoms with Gasteiger partial charge in [0.05, 0.1) is 0 Å². The molecule has 0 spiro atoms. The number of hydrogen-bond donors (Lipinski definition) is 0. The molecule has 0 N–H and O–H groups in total. The van der Waals surface area contributed by atoms with Crippen molar-refractivity contribution in [3.05, 3.63) is 23.8 Å². The van der Waals surface area contributed by atoms with Crippen LogP contribution < -0.4 is 0 Å². The molecule has 0 nitrogen and oxygen atoms in total. The third kappa shape index (κ3) is 2.05. The molecule has 0 heterocycles. The van der Waals surface area contributed by atoms with E-state index < -0.39 is 0 Å². The van der Waals surface area contributed by atoms with Crippen LogP contribution in [0.5, 0.6) is 0 Å². The Morgan fingerprint density at radius 3 is 3.11 bits per heavy atom. The molecule has 0 amide bonds. The van der Waals surface area contributed by atoms with Gasteiger partial charge in [0, 0.05) is 0 Å². The van der Waals surface area contributed by atoms with E-state index in [9.17, 15) is 0 Å². The van der Waals surface area contributed by atoms with Gasteiger partial charge in [-0.3, -0.25) is 0 Å². The van der Waals surface area contributed by atoms with Crippen molar-refractivity contribution < 1.29 is 0 Å². The van der Waals surface area contributed by atoms with Gasteiger partial charge < -0.3 is 0 Å². The monoisotopic (exact) mass is 122 g/mol. The van der Waals surface area contributed by atoms with Crippen LogP contribution in [-0.2, 0) is 0 Å². The molecular weight excluding hydrogens is 108 g/mol. The molecule has 0 saturated heterocycles. The van der Waals surface area contributed by atoms with Gasteiger partial charge >= 0.3 is 0 Å². The molecule has 0 fully saturated rings. The number of rotatable bonds is 0. The topological polar surface area (TPSA) is 0 Å². The van der Waals surface area contributed by atoms with Gasteiger partial charge in [-0.05, 0) is 32.6 Å². The minimum atomic E-state index is 1.28. The largest absolute Gasteiger partial charge is 0.0845 e. The van der Waals surface area contributed by atoms with Crippen LogP contribution >= 0.6 is 0 Å². The summed E-state index contributed by atoms with van der Waals surface area (Å²) in [5.41, 5.74) is 1.51. The van der Waals surface area contributed by atoms with Crippen molar-refractivity contribution >= 4 is 0 Å². The number of hydrogen-bond acceptors (Lipinski definition) is 0. The fourth-order valence-electron chi connectivity index (χ4n) is 1.15. The van der Waals surface area contributed by atoms with Crippen molar-refractivity contribution in [1.82, 2.24) is 0 Å². The summed E-state index contributed by atoms with van der Waals surface area (Å²) in [4.78, 5) is 0. The molecule has 0 aromatic heterocycles. The van der Waals surface area contributed by atoms with E-state index >= 15 is 0 Å². The predicted molar refractivity (Wildman–Crippen MR) is 41.4 cm³/mol. The van der Waals surface area contributed by atoms with Gasteiger partial charge in [-0.1, -0.05) is 23.8 Å². The van der Waals surface area contributed by atoms with Crippen molar-refractivity contribution in [2.75, 3.05) is 0 Å². The second kappa shape index (κ2) is 3.49. The molecule has 0 heteroatoms. The maximum atomic E-state index is 2.28. The highest BCUT2D eigenvalue weighted by Crippen LogP contribution is 2.14. The minimum absolute atomic E-state index is 1.28. The van der Waals surface area contributed by atoms with Crippen LogP contribution in [0.2, 0.25) is 0 Å². The van der Waals surface area contributed by atoms with E-state index in [1.54, 1.807) is 0 Å². The van der Waals surface area contributed by atoms with Crippen LogP contribution in [0.15, 0.2) is 23.8 Å². The smallest absolute Gasteiger partial charge is 0.0282 e. The SMILES string of the molecule is C/C=C1\C=CCCCC1. The molecule has 1 aliphatic rings. The van der Waals surface area contributed by atoms with E-state index in [4.69, 9.17) is 0 Å². The molecule has 50 valence electrons. The Kier molecular flexibility index (Phi) is 2.56. The zero-order valence-corrected chi connectivity index (χ0v) is 6.06. The van der Waals surface area contributed by atoms with Gasteiger partial charge in [0.25, 0.3) is 0 Å². The predicted octanol–water partition coefficient (Wildman–Crippen LogP) is 3.06. The Morgan fingerprint density at radius 1 is 1.44 bits per heavy atom. The van der Waals surface area contributed by atoms with Crippen molar-refractivity contribution in [3.8, 4) is 0 Å². The Balaban J connectivity index is 2.52. The van der Waals surface area contributed by atoms with Crippen LogP contribution in [0, 0.1) is 0 Å². The van der Waals surface area contributed by atoms with E-state index in [-0.39, 0.29) is 0 Å². The van der Waals surface area contributed by atoms with Crippen molar-refractivity contribution in [2.24, 2.45) is 0 Å². The summed E-state index contributed by atoms with van der Waals surface area (Å²) >= 11 is 0. The Hall–Kier alpha value is -0.520. The molecule has 0 unspecified atom stereocenters.